The number of aryl methyl sites for hydroxylation is 1. The minimum absolute atomic E-state index is 0.345. The van der Waals surface area contributed by atoms with Crippen LogP contribution < -0.4 is 10.6 Å². The fourth-order valence-corrected chi connectivity index (χ4v) is 2.39. The zero-order valence-electron chi connectivity index (χ0n) is 10.0. The summed E-state index contributed by atoms with van der Waals surface area (Å²) in [5.41, 5.74) is 8.03. The quantitative estimate of drug-likeness (QED) is 0.794. The molecule has 1 aliphatic heterocycles. The van der Waals surface area contributed by atoms with Gasteiger partial charge in [-0.1, -0.05) is 0 Å². The Morgan fingerprint density at radius 1 is 1.35 bits per heavy atom. The average Bonchev–Trinajstić information content (AvgIpc) is 2.70. The van der Waals surface area contributed by atoms with E-state index in [1.54, 1.807) is 0 Å². The van der Waals surface area contributed by atoms with Crippen LogP contribution in [0.2, 0.25) is 0 Å². The fraction of sp³-hybridized carbons (Fsp3) is 0.500. The summed E-state index contributed by atoms with van der Waals surface area (Å²) in [5, 5.41) is 4.41. The van der Waals surface area contributed by atoms with Crippen molar-refractivity contribution in [1.82, 2.24) is 14.6 Å². The summed E-state index contributed by atoms with van der Waals surface area (Å²) in [6.07, 6.45) is 5.77. The van der Waals surface area contributed by atoms with Gasteiger partial charge in [0.15, 0.2) is 5.82 Å². The van der Waals surface area contributed by atoms with E-state index >= 15 is 0 Å². The van der Waals surface area contributed by atoms with E-state index in [1.807, 2.05) is 23.8 Å². The molecule has 0 radical (unpaired) electrons. The van der Waals surface area contributed by atoms with Crippen LogP contribution in [0.1, 0.15) is 18.5 Å². The first-order chi connectivity index (χ1) is 8.24. The van der Waals surface area contributed by atoms with Gasteiger partial charge in [-0.05, 0) is 25.8 Å². The van der Waals surface area contributed by atoms with E-state index in [4.69, 9.17) is 5.73 Å². The third-order valence-electron chi connectivity index (χ3n) is 3.33. The number of fused-ring (bicyclic) bond motifs is 1. The van der Waals surface area contributed by atoms with E-state index in [1.165, 1.54) is 0 Å². The van der Waals surface area contributed by atoms with Gasteiger partial charge in [0.25, 0.3) is 0 Å². The third kappa shape index (κ3) is 1.86. The molecule has 0 amide bonds. The molecule has 3 heterocycles. The van der Waals surface area contributed by atoms with Gasteiger partial charge in [0.05, 0.1) is 5.69 Å². The Kier molecular flexibility index (Phi) is 2.48. The molecule has 0 aliphatic carbocycles. The number of hydrogen-bond acceptors (Lipinski definition) is 4. The molecule has 0 bridgehead atoms. The zero-order valence-corrected chi connectivity index (χ0v) is 10.0. The van der Waals surface area contributed by atoms with Gasteiger partial charge in [0.1, 0.15) is 5.52 Å². The highest BCUT2D eigenvalue weighted by molar-refractivity contribution is 5.69. The normalized spacial score (nSPS) is 17.9. The molecule has 0 spiro atoms. The number of nitrogens with zero attached hydrogens (tertiary/aromatic N) is 4. The summed E-state index contributed by atoms with van der Waals surface area (Å²) < 4.78 is 1.90. The lowest BCUT2D eigenvalue weighted by Gasteiger charge is -2.31. The summed E-state index contributed by atoms with van der Waals surface area (Å²) in [6.45, 7) is 3.97. The molecule has 3 rings (SSSR count). The van der Waals surface area contributed by atoms with Gasteiger partial charge in [-0.2, -0.15) is 5.10 Å². The number of nitrogens with two attached hydrogens (primary N) is 1. The first kappa shape index (κ1) is 10.5. The summed E-state index contributed by atoms with van der Waals surface area (Å²) >= 11 is 0. The van der Waals surface area contributed by atoms with Crippen molar-refractivity contribution in [3.8, 4) is 0 Å². The molecule has 1 aliphatic rings. The molecule has 0 atom stereocenters. The fourth-order valence-electron chi connectivity index (χ4n) is 2.39. The molecule has 90 valence electrons. The lowest BCUT2D eigenvalue weighted by atomic mass is 10.1. The highest BCUT2D eigenvalue weighted by atomic mass is 15.3. The van der Waals surface area contributed by atoms with Crippen LogP contribution in [-0.4, -0.2) is 33.7 Å². The van der Waals surface area contributed by atoms with Crippen molar-refractivity contribution in [2.24, 2.45) is 5.73 Å². The molecule has 17 heavy (non-hydrogen) atoms. The van der Waals surface area contributed by atoms with Gasteiger partial charge in [0, 0.05) is 31.5 Å². The van der Waals surface area contributed by atoms with Crippen LogP contribution in [0.5, 0.6) is 0 Å². The minimum Gasteiger partial charge on any atom is -0.355 e. The molecular weight excluding hydrogens is 214 g/mol. The maximum absolute atomic E-state index is 5.93. The van der Waals surface area contributed by atoms with Crippen LogP contribution in [0, 0.1) is 6.92 Å². The van der Waals surface area contributed by atoms with Crippen molar-refractivity contribution >= 4 is 11.3 Å². The Balaban J connectivity index is 1.99. The van der Waals surface area contributed by atoms with Crippen molar-refractivity contribution in [2.45, 2.75) is 25.8 Å². The van der Waals surface area contributed by atoms with E-state index in [9.17, 15) is 0 Å². The topological polar surface area (TPSA) is 59.5 Å². The van der Waals surface area contributed by atoms with E-state index in [0.717, 1.165) is 43.0 Å². The van der Waals surface area contributed by atoms with Gasteiger partial charge in [0.2, 0.25) is 0 Å². The molecule has 5 nitrogen and oxygen atoms in total. The Bertz CT molecular complexity index is 525. The van der Waals surface area contributed by atoms with Gasteiger partial charge in [-0.15, -0.1) is 0 Å². The Morgan fingerprint density at radius 2 is 2.12 bits per heavy atom. The van der Waals surface area contributed by atoms with Gasteiger partial charge >= 0.3 is 0 Å². The predicted molar refractivity (Wildman–Crippen MR) is 67.1 cm³/mol. The van der Waals surface area contributed by atoms with Crippen molar-refractivity contribution in [2.75, 3.05) is 18.0 Å². The van der Waals surface area contributed by atoms with Gasteiger partial charge < -0.3 is 10.6 Å². The number of aromatic nitrogens is 3. The van der Waals surface area contributed by atoms with Gasteiger partial charge in [-0.3, -0.25) is 0 Å². The molecule has 0 unspecified atom stereocenters. The van der Waals surface area contributed by atoms with E-state index < -0.39 is 0 Å². The van der Waals surface area contributed by atoms with Crippen molar-refractivity contribution < 1.29 is 0 Å². The van der Waals surface area contributed by atoms with E-state index in [0.29, 0.717) is 6.04 Å². The Hall–Kier alpha value is -1.62. The Labute approximate surface area is 100 Å². The highest BCUT2D eigenvalue weighted by Crippen LogP contribution is 2.22. The largest absolute Gasteiger partial charge is 0.355 e. The molecule has 0 saturated carbocycles. The number of rotatable bonds is 1. The summed E-state index contributed by atoms with van der Waals surface area (Å²) in [5.74, 6) is 1.03. The lowest BCUT2D eigenvalue weighted by Crippen LogP contribution is -2.40. The number of hydrogen-bond donors (Lipinski definition) is 1. The standard InChI is InChI=1S/C12H17N5/c1-9-8-11-12(14-4-7-17(11)15-9)16-5-2-10(13)3-6-16/h4,7-8,10H,2-3,5-6,13H2,1H3. The summed E-state index contributed by atoms with van der Waals surface area (Å²) in [7, 11) is 0. The van der Waals surface area contributed by atoms with Crippen molar-refractivity contribution in [3.05, 3.63) is 24.2 Å². The van der Waals surface area contributed by atoms with Crippen molar-refractivity contribution in [1.29, 1.82) is 0 Å². The number of anilines is 1. The minimum atomic E-state index is 0.345. The zero-order chi connectivity index (χ0) is 11.8. The van der Waals surface area contributed by atoms with Crippen LogP contribution in [-0.2, 0) is 0 Å². The van der Waals surface area contributed by atoms with Crippen LogP contribution in [0.3, 0.4) is 0 Å². The summed E-state index contributed by atoms with van der Waals surface area (Å²) in [6, 6.07) is 2.43. The molecule has 0 aromatic carbocycles. The second-order valence-corrected chi connectivity index (χ2v) is 4.69. The first-order valence-electron chi connectivity index (χ1n) is 6.05. The third-order valence-corrected chi connectivity index (χ3v) is 3.33. The molecule has 1 saturated heterocycles. The Morgan fingerprint density at radius 3 is 2.88 bits per heavy atom. The summed E-state index contributed by atoms with van der Waals surface area (Å²) in [4.78, 5) is 6.80. The molecule has 5 heteroatoms. The van der Waals surface area contributed by atoms with Crippen LogP contribution in [0.25, 0.3) is 5.52 Å². The van der Waals surface area contributed by atoms with E-state index in [2.05, 4.69) is 21.0 Å². The van der Waals surface area contributed by atoms with Gasteiger partial charge in [-0.25, -0.2) is 9.50 Å². The van der Waals surface area contributed by atoms with Crippen LogP contribution in [0.4, 0.5) is 5.82 Å². The lowest BCUT2D eigenvalue weighted by molar-refractivity contribution is 0.499. The average molecular weight is 231 g/mol. The van der Waals surface area contributed by atoms with E-state index in [-0.39, 0.29) is 0 Å². The molecule has 1 fully saturated rings. The second-order valence-electron chi connectivity index (χ2n) is 4.69. The molecule has 2 N–H and O–H groups in total. The monoisotopic (exact) mass is 231 g/mol. The second kappa shape index (κ2) is 4.00. The van der Waals surface area contributed by atoms with Crippen LogP contribution in [0.15, 0.2) is 18.5 Å². The molecule has 2 aromatic heterocycles. The maximum Gasteiger partial charge on any atom is 0.154 e. The molecule has 2 aromatic rings. The SMILES string of the molecule is Cc1cc2c(N3CCC(N)CC3)nccn2n1. The highest BCUT2D eigenvalue weighted by Gasteiger charge is 2.19. The first-order valence-corrected chi connectivity index (χ1v) is 6.05. The molecular formula is C12H17N5. The predicted octanol–water partition coefficient (Wildman–Crippen LogP) is 0.965. The smallest absolute Gasteiger partial charge is 0.154 e. The number of piperidine rings is 1. The van der Waals surface area contributed by atoms with Crippen LogP contribution >= 0.6 is 0 Å². The maximum atomic E-state index is 5.93. The van der Waals surface area contributed by atoms with Crippen molar-refractivity contribution in [3.63, 3.8) is 0 Å².